The molecule has 3 heteroatoms. The summed E-state index contributed by atoms with van der Waals surface area (Å²) in [5.41, 5.74) is 4.58. The quantitative estimate of drug-likeness (QED) is 0.670. The maximum atomic E-state index is 5.96. The van der Waals surface area contributed by atoms with Crippen LogP contribution in [0.15, 0.2) is 66.9 Å². The molecule has 0 aliphatic carbocycles. The smallest absolute Gasteiger partial charge is 0.222 e. The Balaban J connectivity index is 1.90. The van der Waals surface area contributed by atoms with Crippen molar-refractivity contribution in [2.45, 2.75) is 12.8 Å². The molecule has 0 atom stereocenters. The molecule has 104 valence electrons. The van der Waals surface area contributed by atoms with E-state index < -0.39 is 0 Å². The highest BCUT2D eigenvalue weighted by Gasteiger charge is 2.08. The number of halogens is 1. The average Bonchev–Trinajstić information content (AvgIpc) is 2.52. The molecule has 3 rings (SSSR count). The van der Waals surface area contributed by atoms with Crippen molar-refractivity contribution in [2.75, 3.05) is 0 Å². The van der Waals surface area contributed by atoms with Gasteiger partial charge in [-0.25, -0.2) is 9.97 Å². The first-order valence-corrected chi connectivity index (χ1v) is 7.27. The molecule has 21 heavy (non-hydrogen) atoms. The zero-order valence-corrected chi connectivity index (χ0v) is 12.3. The SMILES string of the molecule is Clc1ncc(Cc2ccccc2)c(Cc2ccccc2)n1. The zero-order valence-electron chi connectivity index (χ0n) is 11.5. The third-order valence-electron chi connectivity index (χ3n) is 3.38. The first-order valence-electron chi connectivity index (χ1n) is 6.89. The van der Waals surface area contributed by atoms with E-state index in [9.17, 15) is 0 Å². The third kappa shape index (κ3) is 3.67. The fourth-order valence-corrected chi connectivity index (χ4v) is 2.47. The van der Waals surface area contributed by atoms with Gasteiger partial charge in [0.05, 0.1) is 5.69 Å². The normalized spacial score (nSPS) is 10.5. The van der Waals surface area contributed by atoms with Crippen molar-refractivity contribution < 1.29 is 0 Å². The second-order valence-corrected chi connectivity index (χ2v) is 5.27. The van der Waals surface area contributed by atoms with Crippen LogP contribution in [0.25, 0.3) is 0 Å². The van der Waals surface area contributed by atoms with Crippen LogP contribution < -0.4 is 0 Å². The molecule has 3 aromatic rings. The Kier molecular flexibility index (Phi) is 4.27. The highest BCUT2D eigenvalue weighted by Crippen LogP contribution is 2.17. The van der Waals surface area contributed by atoms with Gasteiger partial charge in [-0.2, -0.15) is 0 Å². The summed E-state index contributed by atoms with van der Waals surface area (Å²) in [7, 11) is 0. The van der Waals surface area contributed by atoms with Gasteiger partial charge in [-0.15, -0.1) is 0 Å². The van der Waals surface area contributed by atoms with Crippen molar-refractivity contribution >= 4 is 11.6 Å². The minimum absolute atomic E-state index is 0.303. The Hall–Kier alpha value is -2.19. The molecule has 2 aromatic carbocycles. The average molecular weight is 295 g/mol. The molecule has 0 unspecified atom stereocenters. The second-order valence-electron chi connectivity index (χ2n) is 4.94. The molecule has 0 saturated heterocycles. The highest BCUT2D eigenvalue weighted by molar-refractivity contribution is 6.28. The van der Waals surface area contributed by atoms with Crippen molar-refractivity contribution in [3.63, 3.8) is 0 Å². The van der Waals surface area contributed by atoms with E-state index in [0.29, 0.717) is 5.28 Å². The van der Waals surface area contributed by atoms with Crippen LogP contribution in [0.2, 0.25) is 5.28 Å². The van der Waals surface area contributed by atoms with Gasteiger partial charge in [0.15, 0.2) is 0 Å². The number of benzene rings is 2. The standard InChI is InChI=1S/C18H15ClN2/c19-18-20-13-16(11-14-7-3-1-4-8-14)17(21-18)12-15-9-5-2-6-10-15/h1-10,13H,11-12H2. The lowest BCUT2D eigenvalue weighted by Gasteiger charge is -2.09. The van der Waals surface area contributed by atoms with Crippen LogP contribution in [-0.4, -0.2) is 9.97 Å². The molecule has 0 amide bonds. The number of rotatable bonds is 4. The monoisotopic (exact) mass is 294 g/mol. The van der Waals surface area contributed by atoms with Gasteiger partial charge in [-0.1, -0.05) is 60.7 Å². The van der Waals surface area contributed by atoms with Gasteiger partial charge in [-0.05, 0) is 28.3 Å². The topological polar surface area (TPSA) is 25.8 Å². The molecule has 0 aliphatic heterocycles. The Morgan fingerprint density at radius 2 is 1.33 bits per heavy atom. The molecule has 2 nitrogen and oxygen atoms in total. The van der Waals surface area contributed by atoms with Crippen LogP contribution in [0.3, 0.4) is 0 Å². The van der Waals surface area contributed by atoms with Gasteiger partial charge in [-0.3, -0.25) is 0 Å². The van der Waals surface area contributed by atoms with Gasteiger partial charge in [0.2, 0.25) is 5.28 Å². The summed E-state index contributed by atoms with van der Waals surface area (Å²) in [4.78, 5) is 8.55. The van der Waals surface area contributed by atoms with E-state index in [-0.39, 0.29) is 0 Å². The number of nitrogens with zero attached hydrogens (tertiary/aromatic N) is 2. The third-order valence-corrected chi connectivity index (χ3v) is 3.56. The number of aromatic nitrogens is 2. The molecule has 0 bridgehead atoms. The van der Waals surface area contributed by atoms with Crippen LogP contribution in [0.5, 0.6) is 0 Å². The highest BCUT2D eigenvalue weighted by atomic mass is 35.5. The van der Waals surface area contributed by atoms with Gasteiger partial charge < -0.3 is 0 Å². The van der Waals surface area contributed by atoms with E-state index >= 15 is 0 Å². The Bertz CT molecular complexity index is 712. The lowest BCUT2D eigenvalue weighted by Crippen LogP contribution is -2.02. The number of hydrogen-bond acceptors (Lipinski definition) is 2. The van der Waals surface area contributed by atoms with Crippen LogP contribution in [0.1, 0.15) is 22.4 Å². The lowest BCUT2D eigenvalue weighted by molar-refractivity contribution is 0.964. The maximum absolute atomic E-state index is 5.96. The van der Waals surface area contributed by atoms with Gasteiger partial charge in [0, 0.05) is 19.0 Å². The van der Waals surface area contributed by atoms with E-state index in [1.807, 2.05) is 42.6 Å². The summed E-state index contributed by atoms with van der Waals surface area (Å²) in [5, 5.41) is 0.303. The molecule has 0 N–H and O–H groups in total. The molecule has 0 saturated carbocycles. The molecule has 0 spiro atoms. The van der Waals surface area contributed by atoms with Crippen LogP contribution >= 0.6 is 11.6 Å². The summed E-state index contributed by atoms with van der Waals surface area (Å²) >= 11 is 5.96. The lowest BCUT2D eigenvalue weighted by atomic mass is 10.0. The van der Waals surface area contributed by atoms with Crippen molar-refractivity contribution in [3.05, 3.63) is 94.5 Å². The molecule has 0 radical (unpaired) electrons. The minimum Gasteiger partial charge on any atom is -0.226 e. The Morgan fingerprint density at radius 1 is 0.762 bits per heavy atom. The molecule has 0 aliphatic rings. The second kappa shape index (κ2) is 6.51. The van der Waals surface area contributed by atoms with Crippen LogP contribution in [-0.2, 0) is 12.8 Å². The largest absolute Gasteiger partial charge is 0.226 e. The van der Waals surface area contributed by atoms with E-state index in [2.05, 4.69) is 34.2 Å². The predicted octanol–water partition coefficient (Wildman–Crippen LogP) is 4.31. The first-order chi connectivity index (χ1) is 10.3. The van der Waals surface area contributed by atoms with Crippen LogP contribution in [0.4, 0.5) is 0 Å². The Morgan fingerprint density at radius 3 is 1.95 bits per heavy atom. The van der Waals surface area contributed by atoms with Crippen molar-refractivity contribution in [3.8, 4) is 0 Å². The van der Waals surface area contributed by atoms with Crippen LogP contribution in [0, 0.1) is 0 Å². The summed E-state index contributed by atoms with van der Waals surface area (Å²) in [6, 6.07) is 20.6. The number of hydrogen-bond donors (Lipinski definition) is 0. The molecule has 1 aromatic heterocycles. The molecule has 0 fully saturated rings. The molecular weight excluding hydrogens is 280 g/mol. The maximum Gasteiger partial charge on any atom is 0.222 e. The van der Waals surface area contributed by atoms with E-state index in [0.717, 1.165) is 24.1 Å². The summed E-state index contributed by atoms with van der Waals surface area (Å²) in [5.74, 6) is 0. The summed E-state index contributed by atoms with van der Waals surface area (Å²) in [6.07, 6.45) is 3.42. The van der Waals surface area contributed by atoms with Crippen molar-refractivity contribution in [1.82, 2.24) is 9.97 Å². The van der Waals surface area contributed by atoms with Crippen molar-refractivity contribution in [2.24, 2.45) is 0 Å². The Labute approximate surface area is 129 Å². The zero-order chi connectivity index (χ0) is 14.5. The molecular formula is C18H15ClN2. The summed E-state index contributed by atoms with van der Waals surface area (Å²) < 4.78 is 0. The van der Waals surface area contributed by atoms with Gasteiger partial charge in [0.25, 0.3) is 0 Å². The van der Waals surface area contributed by atoms with E-state index in [4.69, 9.17) is 11.6 Å². The summed E-state index contributed by atoms with van der Waals surface area (Å²) in [6.45, 7) is 0. The predicted molar refractivity (Wildman–Crippen MR) is 85.5 cm³/mol. The first kappa shape index (κ1) is 13.8. The van der Waals surface area contributed by atoms with Gasteiger partial charge >= 0.3 is 0 Å². The fraction of sp³-hybridized carbons (Fsp3) is 0.111. The molecule has 1 heterocycles. The van der Waals surface area contributed by atoms with E-state index in [1.165, 1.54) is 11.1 Å². The van der Waals surface area contributed by atoms with Crippen molar-refractivity contribution in [1.29, 1.82) is 0 Å². The minimum atomic E-state index is 0.303. The van der Waals surface area contributed by atoms with E-state index in [1.54, 1.807) is 0 Å². The van der Waals surface area contributed by atoms with Gasteiger partial charge in [0.1, 0.15) is 0 Å². The fourth-order valence-electron chi connectivity index (χ4n) is 2.32.